The van der Waals surface area contributed by atoms with E-state index in [4.69, 9.17) is 21.1 Å². The third kappa shape index (κ3) is 1.78. The van der Waals surface area contributed by atoms with E-state index in [1.54, 1.807) is 5.54 Å². The molecule has 0 amide bonds. The third-order valence-electron chi connectivity index (χ3n) is 4.29. The van der Waals surface area contributed by atoms with Crippen molar-refractivity contribution in [3.63, 3.8) is 0 Å². The summed E-state index contributed by atoms with van der Waals surface area (Å²) >= 11 is 5.86. The van der Waals surface area contributed by atoms with E-state index in [9.17, 15) is 0 Å². The van der Waals surface area contributed by atoms with Gasteiger partial charge in [-0.1, -0.05) is 29.3 Å². The van der Waals surface area contributed by atoms with E-state index < -0.39 is 5.79 Å². The Labute approximate surface area is 108 Å². The Morgan fingerprint density at radius 2 is 2.00 bits per heavy atom. The Morgan fingerprint density at radius 1 is 1.29 bits per heavy atom. The lowest BCUT2D eigenvalue weighted by Gasteiger charge is -2.44. The van der Waals surface area contributed by atoms with Crippen LogP contribution in [0.2, 0.25) is 0 Å². The number of hydrogen-bond donors (Lipinski definition) is 0. The molecule has 1 heterocycles. The maximum atomic E-state index is 6.07. The third-order valence-corrected chi connectivity index (χ3v) is 4.64. The first-order chi connectivity index (χ1) is 8.02. The quantitative estimate of drug-likeness (QED) is 0.667. The van der Waals surface area contributed by atoms with Crippen LogP contribution in [-0.2, 0) is 9.47 Å². The number of fused-ring (bicyclic) bond motifs is 1. The van der Waals surface area contributed by atoms with Crippen molar-refractivity contribution < 1.29 is 9.47 Å². The molecule has 2 bridgehead atoms. The summed E-state index contributed by atoms with van der Waals surface area (Å²) in [4.78, 5) is 0. The second kappa shape index (κ2) is 3.84. The molecule has 0 aromatic rings. The van der Waals surface area contributed by atoms with Gasteiger partial charge in [0.05, 0.1) is 12.2 Å². The van der Waals surface area contributed by atoms with Gasteiger partial charge in [0.1, 0.15) is 0 Å². The smallest absolute Gasteiger partial charge is 0.163 e. The summed E-state index contributed by atoms with van der Waals surface area (Å²) in [6.07, 6.45) is 6.17. The maximum Gasteiger partial charge on any atom is 0.163 e. The van der Waals surface area contributed by atoms with Crippen LogP contribution in [-0.4, -0.2) is 18.0 Å². The zero-order chi connectivity index (χ0) is 12.2. The van der Waals surface area contributed by atoms with Gasteiger partial charge in [0.25, 0.3) is 0 Å². The molecule has 0 radical (unpaired) electrons. The first-order valence-corrected chi connectivity index (χ1v) is 6.76. The molecule has 0 aromatic heterocycles. The van der Waals surface area contributed by atoms with Crippen LogP contribution >= 0.6 is 11.6 Å². The fraction of sp³-hybridized carbons (Fsp3) is 0.714. The summed E-state index contributed by atoms with van der Waals surface area (Å²) in [5.41, 5.74) is 2.98. The van der Waals surface area contributed by atoms with Gasteiger partial charge in [0.2, 0.25) is 0 Å². The lowest BCUT2D eigenvalue weighted by molar-refractivity contribution is -0.148. The zero-order valence-electron chi connectivity index (χ0n) is 10.5. The molecular formula is C14H19ClO2. The SMILES string of the molecule is C/C(=C\Cl)C1CC2C=CC1C1OC(C)(C)OC21. The van der Waals surface area contributed by atoms with Crippen LogP contribution in [0.15, 0.2) is 23.3 Å². The van der Waals surface area contributed by atoms with Crippen LogP contribution in [0.4, 0.5) is 0 Å². The van der Waals surface area contributed by atoms with Gasteiger partial charge < -0.3 is 9.47 Å². The Hall–Kier alpha value is -0.310. The lowest BCUT2D eigenvalue weighted by atomic mass is 9.64. The molecule has 1 aliphatic heterocycles. The van der Waals surface area contributed by atoms with Crippen molar-refractivity contribution >= 4 is 11.6 Å². The Morgan fingerprint density at radius 3 is 2.71 bits per heavy atom. The summed E-state index contributed by atoms with van der Waals surface area (Å²) < 4.78 is 12.1. The molecule has 3 aliphatic carbocycles. The summed E-state index contributed by atoms with van der Waals surface area (Å²) in [6, 6.07) is 0. The minimum absolute atomic E-state index is 0.199. The number of halogens is 1. The molecule has 3 heteroatoms. The largest absolute Gasteiger partial charge is 0.344 e. The number of ether oxygens (including phenoxy) is 2. The van der Waals surface area contributed by atoms with Crippen LogP contribution in [0.5, 0.6) is 0 Å². The molecule has 5 unspecified atom stereocenters. The van der Waals surface area contributed by atoms with Crippen molar-refractivity contribution in [2.45, 2.75) is 45.2 Å². The first kappa shape index (κ1) is 11.8. The molecule has 0 spiro atoms. The zero-order valence-corrected chi connectivity index (χ0v) is 11.3. The molecule has 0 N–H and O–H groups in total. The van der Waals surface area contributed by atoms with Crippen LogP contribution in [0, 0.1) is 17.8 Å². The van der Waals surface area contributed by atoms with E-state index in [0.717, 1.165) is 6.42 Å². The highest BCUT2D eigenvalue weighted by Gasteiger charge is 2.54. The molecule has 4 aliphatic rings. The maximum absolute atomic E-state index is 6.07. The molecule has 17 heavy (non-hydrogen) atoms. The van der Waals surface area contributed by atoms with E-state index >= 15 is 0 Å². The lowest BCUT2D eigenvalue weighted by Crippen LogP contribution is -2.48. The normalized spacial score (nSPS) is 47.3. The van der Waals surface area contributed by atoms with Crippen molar-refractivity contribution in [1.82, 2.24) is 0 Å². The van der Waals surface area contributed by atoms with Crippen molar-refractivity contribution in [2.24, 2.45) is 17.8 Å². The van der Waals surface area contributed by atoms with E-state index in [0.29, 0.717) is 17.8 Å². The number of hydrogen-bond acceptors (Lipinski definition) is 2. The van der Waals surface area contributed by atoms with Gasteiger partial charge in [0, 0.05) is 17.4 Å². The molecule has 1 saturated carbocycles. The van der Waals surface area contributed by atoms with E-state index in [1.165, 1.54) is 5.57 Å². The van der Waals surface area contributed by atoms with E-state index in [1.807, 2.05) is 13.8 Å². The van der Waals surface area contributed by atoms with Crippen molar-refractivity contribution in [3.05, 3.63) is 23.3 Å². The van der Waals surface area contributed by atoms with Crippen LogP contribution in [0.3, 0.4) is 0 Å². The minimum Gasteiger partial charge on any atom is -0.344 e. The highest BCUT2D eigenvalue weighted by molar-refractivity contribution is 6.25. The summed E-state index contributed by atoms with van der Waals surface area (Å²) in [5.74, 6) is 0.970. The van der Waals surface area contributed by atoms with Crippen molar-refractivity contribution in [3.8, 4) is 0 Å². The standard InChI is InChI=1S/C14H19ClO2/c1-8(7-15)11-6-9-4-5-10(11)13-12(9)16-14(2,3)17-13/h4-5,7,9-13H,6H2,1-3H3/b8-7+. The van der Waals surface area contributed by atoms with Crippen molar-refractivity contribution in [2.75, 3.05) is 0 Å². The second-order valence-corrected chi connectivity index (χ2v) is 6.10. The highest BCUT2D eigenvalue weighted by atomic mass is 35.5. The molecular weight excluding hydrogens is 236 g/mol. The predicted octanol–water partition coefficient (Wildman–Crippen LogP) is 3.47. The van der Waals surface area contributed by atoms with Gasteiger partial charge in [-0.3, -0.25) is 0 Å². The summed E-state index contributed by atoms with van der Waals surface area (Å²) in [6.45, 7) is 6.12. The summed E-state index contributed by atoms with van der Waals surface area (Å²) in [5, 5.41) is 0. The van der Waals surface area contributed by atoms with Gasteiger partial charge in [-0.15, -0.1) is 0 Å². The second-order valence-electron chi connectivity index (χ2n) is 5.89. The van der Waals surface area contributed by atoms with Crippen molar-refractivity contribution in [1.29, 1.82) is 0 Å². The Balaban J connectivity index is 1.90. The van der Waals surface area contributed by atoms with E-state index in [-0.39, 0.29) is 12.2 Å². The summed E-state index contributed by atoms with van der Waals surface area (Å²) in [7, 11) is 0. The number of allylic oxidation sites excluding steroid dienone is 1. The molecule has 1 saturated heterocycles. The fourth-order valence-electron chi connectivity index (χ4n) is 3.53. The molecule has 4 rings (SSSR count). The fourth-order valence-corrected chi connectivity index (χ4v) is 3.69. The average Bonchev–Trinajstić information content (AvgIpc) is 2.65. The molecule has 94 valence electrons. The van der Waals surface area contributed by atoms with Gasteiger partial charge >= 0.3 is 0 Å². The van der Waals surface area contributed by atoms with Gasteiger partial charge in [-0.05, 0) is 33.1 Å². The predicted molar refractivity (Wildman–Crippen MR) is 67.7 cm³/mol. The average molecular weight is 255 g/mol. The topological polar surface area (TPSA) is 18.5 Å². The molecule has 5 atom stereocenters. The van der Waals surface area contributed by atoms with Gasteiger partial charge in [-0.25, -0.2) is 0 Å². The molecule has 2 fully saturated rings. The van der Waals surface area contributed by atoms with Crippen LogP contribution in [0.25, 0.3) is 0 Å². The van der Waals surface area contributed by atoms with Crippen LogP contribution in [0.1, 0.15) is 27.2 Å². The number of rotatable bonds is 1. The minimum atomic E-state index is -0.439. The Kier molecular flexibility index (Phi) is 2.66. The van der Waals surface area contributed by atoms with Crippen LogP contribution < -0.4 is 0 Å². The Bertz CT molecular complexity index is 386. The monoisotopic (exact) mass is 254 g/mol. The first-order valence-electron chi connectivity index (χ1n) is 6.33. The van der Waals surface area contributed by atoms with Gasteiger partial charge in [0.15, 0.2) is 5.79 Å². The molecule has 2 nitrogen and oxygen atoms in total. The van der Waals surface area contributed by atoms with Gasteiger partial charge in [-0.2, -0.15) is 0 Å². The van der Waals surface area contributed by atoms with E-state index in [2.05, 4.69) is 19.1 Å². The highest BCUT2D eigenvalue weighted by Crippen LogP contribution is 2.51. The molecule has 0 aromatic carbocycles.